The van der Waals surface area contributed by atoms with Crippen molar-refractivity contribution in [3.8, 4) is 0 Å². The van der Waals surface area contributed by atoms with Crippen LogP contribution in [0.2, 0.25) is 0 Å². The molecule has 6 heteroatoms. The quantitative estimate of drug-likeness (QED) is 0.0338. The standard InChI is InChI=1S/C41H79NO5/c1-3-5-7-9-11-12-13-14-15-16-17-18-19-20-21-22-23-24-25-26-27-29-31-33-35-39(45)41(47)42-37(36-43)40(46)38(44)34-32-30-28-10-8-6-4-2/h17-18,20-21,37-40,43-46H,3-16,19,22-36H2,1-2H3,(H,42,47)/b18-17-,21-20-. The van der Waals surface area contributed by atoms with Gasteiger partial charge in [0.15, 0.2) is 0 Å². The Morgan fingerprint density at radius 3 is 1.34 bits per heavy atom. The summed E-state index contributed by atoms with van der Waals surface area (Å²) in [6, 6.07) is -0.983. The van der Waals surface area contributed by atoms with Gasteiger partial charge in [-0.2, -0.15) is 0 Å². The summed E-state index contributed by atoms with van der Waals surface area (Å²) in [6.07, 6.45) is 39.4. The van der Waals surface area contributed by atoms with Gasteiger partial charge in [-0.1, -0.05) is 179 Å². The molecule has 0 radical (unpaired) electrons. The Morgan fingerprint density at radius 1 is 0.532 bits per heavy atom. The lowest BCUT2D eigenvalue weighted by Gasteiger charge is -2.27. The Balaban J connectivity index is 3.68. The molecule has 6 nitrogen and oxygen atoms in total. The van der Waals surface area contributed by atoms with Gasteiger partial charge in [0.25, 0.3) is 0 Å². The first-order valence-electron chi connectivity index (χ1n) is 20.2. The van der Waals surface area contributed by atoms with E-state index in [2.05, 4.69) is 43.5 Å². The molecule has 0 fully saturated rings. The molecule has 0 aliphatic heterocycles. The van der Waals surface area contributed by atoms with E-state index in [-0.39, 0.29) is 0 Å². The Hall–Kier alpha value is -1.21. The Kier molecular flexibility index (Phi) is 35.2. The lowest BCUT2D eigenvalue weighted by molar-refractivity contribution is -0.132. The van der Waals surface area contributed by atoms with Gasteiger partial charge in [-0.15, -0.1) is 0 Å². The zero-order valence-electron chi connectivity index (χ0n) is 31.0. The van der Waals surface area contributed by atoms with Crippen molar-refractivity contribution in [1.82, 2.24) is 5.32 Å². The number of nitrogens with one attached hydrogen (secondary N) is 1. The predicted molar refractivity (Wildman–Crippen MR) is 201 cm³/mol. The molecule has 0 aromatic rings. The molecule has 0 aliphatic rings. The highest BCUT2D eigenvalue weighted by Crippen LogP contribution is 2.15. The third-order valence-corrected chi connectivity index (χ3v) is 9.42. The highest BCUT2D eigenvalue weighted by molar-refractivity contribution is 5.80. The van der Waals surface area contributed by atoms with Crippen LogP contribution < -0.4 is 5.32 Å². The lowest BCUT2D eigenvalue weighted by atomic mass is 9.99. The molecule has 0 bridgehead atoms. The summed E-state index contributed by atoms with van der Waals surface area (Å²) in [5, 5.41) is 43.2. The van der Waals surface area contributed by atoms with Crippen LogP contribution in [0.3, 0.4) is 0 Å². The van der Waals surface area contributed by atoms with Crippen LogP contribution in [-0.2, 0) is 4.79 Å². The summed E-state index contributed by atoms with van der Waals surface area (Å²) in [5.41, 5.74) is 0. The van der Waals surface area contributed by atoms with Crippen LogP contribution in [0.15, 0.2) is 24.3 Å². The van der Waals surface area contributed by atoms with Gasteiger partial charge < -0.3 is 25.7 Å². The Morgan fingerprint density at radius 2 is 0.915 bits per heavy atom. The van der Waals surface area contributed by atoms with Crippen LogP contribution in [0.4, 0.5) is 0 Å². The molecule has 0 aromatic heterocycles. The summed E-state index contributed by atoms with van der Waals surface area (Å²) in [7, 11) is 0. The molecule has 5 N–H and O–H groups in total. The fraction of sp³-hybridized carbons (Fsp3) is 0.878. The van der Waals surface area contributed by atoms with E-state index in [1.807, 2.05) is 0 Å². The highest BCUT2D eigenvalue weighted by Gasteiger charge is 2.28. The first-order chi connectivity index (χ1) is 23.0. The SMILES string of the molecule is CCCCCCCCCCC/C=C\C/C=C\CCCCCCCCCCC(O)C(=O)NC(CO)C(O)C(O)CCCCCCCCC. The van der Waals surface area contributed by atoms with Gasteiger partial charge in [0.2, 0.25) is 5.91 Å². The zero-order chi connectivity index (χ0) is 34.6. The maximum atomic E-state index is 12.4. The lowest BCUT2D eigenvalue weighted by Crippen LogP contribution is -2.53. The van der Waals surface area contributed by atoms with Gasteiger partial charge in [-0.25, -0.2) is 0 Å². The van der Waals surface area contributed by atoms with E-state index in [1.165, 1.54) is 128 Å². The molecule has 1 amide bonds. The number of carbonyl (C=O) groups is 1. The number of hydrogen-bond acceptors (Lipinski definition) is 5. The molecule has 0 aliphatic carbocycles. The zero-order valence-corrected chi connectivity index (χ0v) is 31.0. The molecule has 4 atom stereocenters. The van der Waals surface area contributed by atoms with Gasteiger partial charge in [0.05, 0.1) is 18.8 Å². The highest BCUT2D eigenvalue weighted by atomic mass is 16.3. The minimum atomic E-state index is -1.26. The minimum Gasteiger partial charge on any atom is -0.394 e. The Bertz CT molecular complexity index is 712. The summed E-state index contributed by atoms with van der Waals surface area (Å²) in [4.78, 5) is 12.4. The number of allylic oxidation sites excluding steroid dienone is 4. The van der Waals surface area contributed by atoms with Gasteiger partial charge in [-0.3, -0.25) is 4.79 Å². The third-order valence-electron chi connectivity index (χ3n) is 9.42. The molecule has 0 saturated carbocycles. The number of aliphatic hydroxyl groups is 4. The van der Waals surface area contributed by atoms with Gasteiger partial charge in [-0.05, 0) is 44.9 Å². The van der Waals surface area contributed by atoms with Crippen LogP contribution in [0.25, 0.3) is 0 Å². The molecule has 0 saturated heterocycles. The topological polar surface area (TPSA) is 110 Å². The number of hydrogen-bond donors (Lipinski definition) is 5. The van der Waals surface area contributed by atoms with E-state index < -0.39 is 36.9 Å². The molecule has 0 rings (SSSR count). The van der Waals surface area contributed by atoms with E-state index >= 15 is 0 Å². The smallest absolute Gasteiger partial charge is 0.249 e. The first-order valence-corrected chi connectivity index (χ1v) is 20.2. The average Bonchev–Trinajstić information content (AvgIpc) is 3.07. The third kappa shape index (κ3) is 30.6. The molecular formula is C41H79NO5. The van der Waals surface area contributed by atoms with Crippen molar-refractivity contribution in [1.29, 1.82) is 0 Å². The monoisotopic (exact) mass is 666 g/mol. The van der Waals surface area contributed by atoms with Crippen molar-refractivity contribution in [3.05, 3.63) is 24.3 Å². The van der Waals surface area contributed by atoms with Crippen molar-refractivity contribution in [2.45, 2.75) is 224 Å². The van der Waals surface area contributed by atoms with Crippen LogP contribution >= 0.6 is 0 Å². The predicted octanol–water partition coefficient (Wildman–Crippen LogP) is 10.0. The van der Waals surface area contributed by atoms with E-state index in [0.717, 1.165) is 44.9 Å². The molecule has 47 heavy (non-hydrogen) atoms. The summed E-state index contributed by atoms with van der Waals surface area (Å²) >= 11 is 0. The van der Waals surface area contributed by atoms with Crippen molar-refractivity contribution in [3.63, 3.8) is 0 Å². The average molecular weight is 666 g/mol. The maximum Gasteiger partial charge on any atom is 0.249 e. The molecule has 0 heterocycles. The normalized spacial score (nSPS) is 14.6. The number of carbonyl (C=O) groups excluding carboxylic acids is 1. The van der Waals surface area contributed by atoms with Crippen molar-refractivity contribution in [2.24, 2.45) is 0 Å². The van der Waals surface area contributed by atoms with Crippen LogP contribution in [0.1, 0.15) is 200 Å². The van der Waals surface area contributed by atoms with E-state index in [0.29, 0.717) is 12.8 Å². The van der Waals surface area contributed by atoms with Crippen LogP contribution in [0, 0.1) is 0 Å². The van der Waals surface area contributed by atoms with Crippen LogP contribution in [-0.4, -0.2) is 57.3 Å². The molecule has 0 aromatic carbocycles. The number of amides is 1. The second-order valence-corrected chi connectivity index (χ2v) is 14.0. The molecule has 278 valence electrons. The summed E-state index contributed by atoms with van der Waals surface area (Å²) < 4.78 is 0. The fourth-order valence-electron chi connectivity index (χ4n) is 6.14. The summed E-state index contributed by atoms with van der Waals surface area (Å²) in [6.45, 7) is 3.98. The number of aliphatic hydroxyl groups excluding tert-OH is 4. The molecule has 4 unspecified atom stereocenters. The molecular weight excluding hydrogens is 586 g/mol. The van der Waals surface area contributed by atoms with E-state index in [9.17, 15) is 25.2 Å². The van der Waals surface area contributed by atoms with Gasteiger partial charge in [0.1, 0.15) is 12.2 Å². The van der Waals surface area contributed by atoms with Crippen LogP contribution in [0.5, 0.6) is 0 Å². The summed E-state index contributed by atoms with van der Waals surface area (Å²) in [5.74, 6) is -0.592. The maximum absolute atomic E-state index is 12.4. The van der Waals surface area contributed by atoms with Gasteiger partial charge in [0, 0.05) is 0 Å². The van der Waals surface area contributed by atoms with E-state index in [1.54, 1.807) is 0 Å². The number of rotatable bonds is 36. The molecule has 0 spiro atoms. The second kappa shape index (κ2) is 36.1. The number of unbranched alkanes of at least 4 members (excludes halogenated alkanes) is 23. The van der Waals surface area contributed by atoms with Gasteiger partial charge >= 0.3 is 0 Å². The largest absolute Gasteiger partial charge is 0.394 e. The fourth-order valence-corrected chi connectivity index (χ4v) is 6.14. The van der Waals surface area contributed by atoms with Crippen molar-refractivity contribution in [2.75, 3.05) is 6.61 Å². The van der Waals surface area contributed by atoms with Crippen molar-refractivity contribution < 1.29 is 25.2 Å². The first kappa shape index (κ1) is 45.8. The van der Waals surface area contributed by atoms with Crippen molar-refractivity contribution >= 4 is 5.91 Å². The van der Waals surface area contributed by atoms with E-state index in [4.69, 9.17) is 0 Å². The minimum absolute atomic E-state index is 0.363. The Labute approximate surface area is 291 Å². The second-order valence-electron chi connectivity index (χ2n) is 14.0.